The van der Waals surface area contributed by atoms with Gasteiger partial charge in [-0.05, 0) is 12.5 Å². The Balaban J connectivity index is 2.34. The van der Waals surface area contributed by atoms with Crippen LogP contribution < -0.4 is 10.1 Å². The molecule has 0 atom stereocenters. The largest absolute Gasteiger partial charge is 0.493 e. The third-order valence-electron chi connectivity index (χ3n) is 2.00. The highest BCUT2D eigenvalue weighted by atomic mass is 16.5. The van der Waals surface area contributed by atoms with Crippen LogP contribution in [0.2, 0.25) is 0 Å². The summed E-state index contributed by atoms with van der Waals surface area (Å²) >= 11 is 0. The summed E-state index contributed by atoms with van der Waals surface area (Å²) in [5, 5.41) is 2.98. The summed E-state index contributed by atoms with van der Waals surface area (Å²) in [5.41, 5.74) is 0. The molecule has 0 fully saturated rings. The lowest BCUT2D eigenvalue weighted by atomic mass is 10.3. The fourth-order valence-electron chi connectivity index (χ4n) is 1.18. The van der Waals surface area contributed by atoms with E-state index >= 15 is 0 Å². The van der Waals surface area contributed by atoms with Gasteiger partial charge in [-0.2, -0.15) is 0 Å². The maximum Gasteiger partial charge on any atom is 0.129 e. The molecule has 3 nitrogen and oxygen atoms in total. The fraction of sp³-hybridized carbons (Fsp3) is 0.545. The summed E-state index contributed by atoms with van der Waals surface area (Å²) in [7, 11) is 1.85. The minimum Gasteiger partial charge on any atom is -0.493 e. The van der Waals surface area contributed by atoms with Gasteiger partial charge in [0.1, 0.15) is 11.6 Å². The third kappa shape index (κ3) is 3.64. The van der Waals surface area contributed by atoms with Gasteiger partial charge in [0.15, 0.2) is 0 Å². The van der Waals surface area contributed by atoms with Crippen molar-refractivity contribution >= 4 is 5.82 Å². The molecule has 3 heteroatoms. The van der Waals surface area contributed by atoms with Crippen LogP contribution in [0, 0.1) is 0 Å². The normalized spacial score (nSPS) is 9.86. The number of nitrogens with zero attached hydrogens (tertiary/aromatic N) is 1. The highest BCUT2D eigenvalue weighted by Crippen LogP contribution is 2.14. The van der Waals surface area contributed by atoms with Crippen molar-refractivity contribution < 1.29 is 4.74 Å². The highest BCUT2D eigenvalue weighted by molar-refractivity contribution is 5.39. The Morgan fingerprint density at radius 2 is 2.29 bits per heavy atom. The van der Waals surface area contributed by atoms with E-state index in [1.807, 2.05) is 19.2 Å². The van der Waals surface area contributed by atoms with E-state index in [9.17, 15) is 0 Å². The second-order valence-corrected chi connectivity index (χ2v) is 3.18. The van der Waals surface area contributed by atoms with Crippen LogP contribution in [-0.4, -0.2) is 18.6 Å². The molecule has 1 aromatic rings. The molecule has 0 unspecified atom stereocenters. The van der Waals surface area contributed by atoms with Crippen LogP contribution in [0.15, 0.2) is 18.3 Å². The standard InChI is InChI=1S/C11H18N2O/c1-3-4-5-8-14-10-6-7-13-11(9-10)12-2/h6-7,9H,3-5,8H2,1-2H3,(H,12,13). The molecule has 0 aliphatic carbocycles. The van der Waals surface area contributed by atoms with Gasteiger partial charge in [-0.1, -0.05) is 19.8 Å². The molecular formula is C11H18N2O. The van der Waals surface area contributed by atoms with Crippen molar-refractivity contribution in [2.45, 2.75) is 26.2 Å². The third-order valence-corrected chi connectivity index (χ3v) is 2.00. The summed E-state index contributed by atoms with van der Waals surface area (Å²) in [5.74, 6) is 1.73. The van der Waals surface area contributed by atoms with Crippen molar-refractivity contribution in [3.63, 3.8) is 0 Å². The first-order valence-electron chi connectivity index (χ1n) is 5.13. The van der Waals surface area contributed by atoms with Gasteiger partial charge in [-0.15, -0.1) is 0 Å². The first-order chi connectivity index (χ1) is 6.86. The van der Waals surface area contributed by atoms with E-state index in [1.54, 1.807) is 6.20 Å². The second kappa shape index (κ2) is 6.24. The van der Waals surface area contributed by atoms with Crippen LogP contribution in [0.5, 0.6) is 5.75 Å². The van der Waals surface area contributed by atoms with Gasteiger partial charge in [0.25, 0.3) is 0 Å². The molecule has 0 saturated carbocycles. The SMILES string of the molecule is CCCCCOc1ccnc(NC)c1. The van der Waals surface area contributed by atoms with Crippen LogP contribution in [-0.2, 0) is 0 Å². The van der Waals surface area contributed by atoms with Crippen molar-refractivity contribution in [2.75, 3.05) is 19.0 Å². The van der Waals surface area contributed by atoms with E-state index in [1.165, 1.54) is 12.8 Å². The molecular weight excluding hydrogens is 176 g/mol. The van der Waals surface area contributed by atoms with Gasteiger partial charge in [-0.3, -0.25) is 0 Å². The Morgan fingerprint density at radius 3 is 3.00 bits per heavy atom. The minimum absolute atomic E-state index is 0.793. The zero-order valence-corrected chi connectivity index (χ0v) is 8.92. The van der Waals surface area contributed by atoms with E-state index in [4.69, 9.17) is 4.74 Å². The molecule has 0 aromatic carbocycles. The van der Waals surface area contributed by atoms with E-state index in [2.05, 4.69) is 17.2 Å². The topological polar surface area (TPSA) is 34.1 Å². The number of unbranched alkanes of at least 4 members (excludes halogenated alkanes) is 2. The molecule has 1 aromatic heterocycles. The quantitative estimate of drug-likeness (QED) is 0.707. The van der Waals surface area contributed by atoms with Gasteiger partial charge in [0.2, 0.25) is 0 Å². The summed E-state index contributed by atoms with van der Waals surface area (Å²) in [6.07, 6.45) is 5.32. The summed E-state index contributed by atoms with van der Waals surface area (Å²) in [6, 6.07) is 3.79. The van der Waals surface area contributed by atoms with E-state index in [0.717, 1.165) is 24.6 Å². The predicted octanol–water partition coefficient (Wildman–Crippen LogP) is 2.69. The monoisotopic (exact) mass is 194 g/mol. The Hall–Kier alpha value is -1.25. The average Bonchev–Trinajstić information content (AvgIpc) is 2.25. The van der Waals surface area contributed by atoms with Gasteiger partial charge in [-0.25, -0.2) is 4.98 Å². The van der Waals surface area contributed by atoms with Gasteiger partial charge < -0.3 is 10.1 Å². The molecule has 1 rings (SSSR count). The highest BCUT2D eigenvalue weighted by Gasteiger charge is 1.95. The first-order valence-corrected chi connectivity index (χ1v) is 5.13. The van der Waals surface area contributed by atoms with E-state index in [0.29, 0.717) is 0 Å². The van der Waals surface area contributed by atoms with Crippen molar-refractivity contribution in [2.24, 2.45) is 0 Å². The number of hydrogen-bond acceptors (Lipinski definition) is 3. The van der Waals surface area contributed by atoms with Crippen molar-refractivity contribution in [3.8, 4) is 5.75 Å². The Morgan fingerprint density at radius 1 is 1.43 bits per heavy atom. The second-order valence-electron chi connectivity index (χ2n) is 3.18. The smallest absolute Gasteiger partial charge is 0.129 e. The molecule has 14 heavy (non-hydrogen) atoms. The predicted molar refractivity (Wildman–Crippen MR) is 58.8 cm³/mol. The molecule has 0 aliphatic rings. The molecule has 78 valence electrons. The number of ether oxygens (including phenoxy) is 1. The number of pyridine rings is 1. The molecule has 0 saturated heterocycles. The van der Waals surface area contributed by atoms with Crippen LogP contribution in [0.3, 0.4) is 0 Å². The van der Waals surface area contributed by atoms with Crippen molar-refractivity contribution in [3.05, 3.63) is 18.3 Å². The van der Waals surface area contributed by atoms with E-state index in [-0.39, 0.29) is 0 Å². The van der Waals surface area contributed by atoms with Crippen LogP contribution in [0.25, 0.3) is 0 Å². The molecule has 0 aliphatic heterocycles. The summed E-state index contributed by atoms with van der Waals surface area (Å²) in [6.45, 7) is 2.98. The average molecular weight is 194 g/mol. The maximum atomic E-state index is 5.57. The van der Waals surface area contributed by atoms with Crippen molar-refractivity contribution in [1.29, 1.82) is 0 Å². The molecule has 0 radical (unpaired) electrons. The number of anilines is 1. The zero-order chi connectivity index (χ0) is 10.2. The van der Waals surface area contributed by atoms with Crippen molar-refractivity contribution in [1.82, 2.24) is 4.98 Å². The van der Waals surface area contributed by atoms with Crippen LogP contribution >= 0.6 is 0 Å². The molecule has 1 heterocycles. The van der Waals surface area contributed by atoms with Crippen LogP contribution in [0.1, 0.15) is 26.2 Å². The van der Waals surface area contributed by atoms with Crippen LogP contribution in [0.4, 0.5) is 5.82 Å². The molecule has 1 N–H and O–H groups in total. The summed E-state index contributed by atoms with van der Waals surface area (Å²) in [4.78, 5) is 4.11. The van der Waals surface area contributed by atoms with Gasteiger partial charge >= 0.3 is 0 Å². The lowest BCUT2D eigenvalue weighted by Gasteiger charge is -2.06. The maximum absolute atomic E-state index is 5.57. The number of hydrogen-bond donors (Lipinski definition) is 1. The Labute approximate surface area is 85.5 Å². The number of aromatic nitrogens is 1. The summed E-state index contributed by atoms with van der Waals surface area (Å²) < 4.78 is 5.57. The lowest BCUT2D eigenvalue weighted by Crippen LogP contribution is -1.98. The first kappa shape index (κ1) is 10.8. The van der Waals surface area contributed by atoms with Gasteiger partial charge in [0, 0.05) is 19.3 Å². The minimum atomic E-state index is 0.793. The Bertz CT molecular complexity index is 263. The molecule has 0 amide bonds. The fourth-order valence-corrected chi connectivity index (χ4v) is 1.18. The van der Waals surface area contributed by atoms with Gasteiger partial charge in [0.05, 0.1) is 6.61 Å². The lowest BCUT2D eigenvalue weighted by molar-refractivity contribution is 0.306. The van der Waals surface area contributed by atoms with E-state index < -0.39 is 0 Å². The zero-order valence-electron chi connectivity index (χ0n) is 8.92. The molecule has 0 spiro atoms. The Kier molecular flexibility index (Phi) is 4.83. The number of nitrogens with one attached hydrogen (secondary N) is 1. The molecule has 0 bridgehead atoms. The number of rotatable bonds is 6.